The highest BCUT2D eigenvalue weighted by molar-refractivity contribution is 7.92. The van der Waals surface area contributed by atoms with Crippen LogP contribution >= 0.6 is 12.4 Å². The Morgan fingerprint density at radius 3 is 2.75 bits per heavy atom. The summed E-state index contributed by atoms with van der Waals surface area (Å²) in [7, 11) is -3.48. The molecule has 1 atom stereocenters. The molecule has 2 aliphatic rings. The zero-order chi connectivity index (χ0) is 19.4. The molecule has 1 aromatic carbocycles. The maximum atomic E-state index is 13.1. The molecular formula is C18H27ClN4O4S. The Labute approximate surface area is 172 Å². The number of piperazine rings is 1. The molecule has 0 aromatic heterocycles. The van der Waals surface area contributed by atoms with Crippen LogP contribution in [0.2, 0.25) is 0 Å². The molecule has 0 saturated carbocycles. The fourth-order valence-corrected chi connectivity index (χ4v) is 4.23. The van der Waals surface area contributed by atoms with Gasteiger partial charge in [-0.3, -0.25) is 14.3 Å². The molecule has 0 radical (unpaired) electrons. The number of rotatable bonds is 5. The van der Waals surface area contributed by atoms with Crippen LogP contribution < -0.4 is 10.0 Å². The lowest BCUT2D eigenvalue weighted by atomic mass is 10.0. The van der Waals surface area contributed by atoms with Crippen molar-refractivity contribution >= 4 is 39.9 Å². The maximum Gasteiger partial charge on any atom is 0.256 e. The van der Waals surface area contributed by atoms with Gasteiger partial charge in [-0.1, -0.05) is 12.1 Å². The van der Waals surface area contributed by atoms with Crippen LogP contribution in [0.15, 0.2) is 24.3 Å². The first-order chi connectivity index (χ1) is 12.9. The molecule has 2 N–H and O–H groups in total. The highest BCUT2D eigenvalue weighted by atomic mass is 35.5. The monoisotopic (exact) mass is 430 g/mol. The molecule has 10 heteroatoms. The Kier molecular flexibility index (Phi) is 7.68. The van der Waals surface area contributed by atoms with Crippen molar-refractivity contribution in [3.05, 3.63) is 29.8 Å². The number of amides is 2. The van der Waals surface area contributed by atoms with Gasteiger partial charge in [0.2, 0.25) is 15.9 Å². The molecule has 2 heterocycles. The Bertz CT molecular complexity index is 818. The largest absolute Gasteiger partial charge is 0.337 e. The summed E-state index contributed by atoms with van der Waals surface area (Å²) in [6.45, 7) is 4.37. The van der Waals surface area contributed by atoms with Crippen LogP contribution in [0.3, 0.4) is 0 Å². The summed E-state index contributed by atoms with van der Waals surface area (Å²) in [5, 5.41) is 3.06. The molecule has 156 valence electrons. The first-order valence-corrected chi connectivity index (χ1v) is 11.0. The maximum absolute atomic E-state index is 13.1. The highest BCUT2D eigenvalue weighted by Gasteiger charge is 2.32. The average molecular weight is 431 g/mol. The molecule has 2 saturated heterocycles. The number of hydrogen-bond acceptors (Lipinski definition) is 5. The Morgan fingerprint density at radius 1 is 1.29 bits per heavy atom. The standard InChI is InChI=1S/C18H26N4O4S.ClH/c1-2-27(25,26)20-16-8-4-3-7-15(16)18(24)21-10-5-6-14(13-21)22-11-9-19-12-17(22)23;/h3-4,7-8,14,19-20H,2,5-6,9-13H2,1H3;1H. The van der Waals surface area contributed by atoms with Gasteiger partial charge in [-0.15, -0.1) is 12.4 Å². The third-order valence-electron chi connectivity index (χ3n) is 5.05. The van der Waals surface area contributed by atoms with Crippen LogP contribution in [-0.2, 0) is 14.8 Å². The summed E-state index contributed by atoms with van der Waals surface area (Å²) in [5.41, 5.74) is 0.631. The number of piperidine rings is 1. The predicted molar refractivity (Wildman–Crippen MR) is 110 cm³/mol. The van der Waals surface area contributed by atoms with Gasteiger partial charge in [0.05, 0.1) is 23.5 Å². The van der Waals surface area contributed by atoms with Crippen LogP contribution in [0.1, 0.15) is 30.1 Å². The second-order valence-corrected chi connectivity index (χ2v) is 8.87. The first kappa shape index (κ1) is 22.4. The van der Waals surface area contributed by atoms with Crippen LogP contribution in [0, 0.1) is 0 Å². The molecule has 0 aliphatic carbocycles. The number of para-hydroxylation sites is 1. The van der Waals surface area contributed by atoms with E-state index in [0.717, 1.165) is 19.4 Å². The van der Waals surface area contributed by atoms with Gasteiger partial charge >= 0.3 is 0 Å². The summed E-state index contributed by atoms with van der Waals surface area (Å²) >= 11 is 0. The number of likely N-dealkylation sites (tertiary alicyclic amines) is 1. The molecule has 3 rings (SSSR count). The lowest BCUT2D eigenvalue weighted by molar-refractivity contribution is -0.135. The van der Waals surface area contributed by atoms with Gasteiger partial charge in [0, 0.05) is 32.2 Å². The Hall–Kier alpha value is -1.84. The number of halogens is 1. The van der Waals surface area contributed by atoms with Crippen molar-refractivity contribution in [1.29, 1.82) is 0 Å². The number of anilines is 1. The molecular weight excluding hydrogens is 404 g/mol. The minimum atomic E-state index is -3.48. The number of hydrogen-bond donors (Lipinski definition) is 2. The number of nitrogens with zero attached hydrogens (tertiary/aromatic N) is 2. The second kappa shape index (κ2) is 9.58. The van der Waals surface area contributed by atoms with Gasteiger partial charge in [-0.05, 0) is 31.9 Å². The van der Waals surface area contributed by atoms with E-state index in [1.165, 1.54) is 0 Å². The normalized spacial score (nSPS) is 20.5. The lowest BCUT2D eigenvalue weighted by Crippen LogP contribution is -2.57. The molecule has 0 bridgehead atoms. The number of carbonyl (C=O) groups excluding carboxylic acids is 2. The van der Waals surface area contributed by atoms with E-state index in [1.807, 2.05) is 4.90 Å². The van der Waals surface area contributed by atoms with E-state index in [9.17, 15) is 18.0 Å². The van der Waals surface area contributed by atoms with Gasteiger partial charge in [-0.2, -0.15) is 0 Å². The zero-order valence-corrected chi connectivity index (χ0v) is 17.5. The molecule has 1 unspecified atom stereocenters. The van der Waals surface area contributed by atoms with Gasteiger partial charge in [-0.25, -0.2) is 8.42 Å². The predicted octanol–water partition coefficient (Wildman–Crippen LogP) is 0.906. The first-order valence-electron chi connectivity index (χ1n) is 9.30. The van der Waals surface area contributed by atoms with Crippen molar-refractivity contribution < 1.29 is 18.0 Å². The SMILES string of the molecule is CCS(=O)(=O)Nc1ccccc1C(=O)N1CCCC(N2CCNCC2=O)C1.Cl. The van der Waals surface area contributed by atoms with Crippen molar-refractivity contribution in [3.63, 3.8) is 0 Å². The Morgan fingerprint density at radius 2 is 2.04 bits per heavy atom. The molecule has 1 aromatic rings. The van der Waals surface area contributed by atoms with E-state index < -0.39 is 10.0 Å². The van der Waals surface area contributed by atoms with Gasteiger partial charge in [0.1, 0.15) is 0 Å². The highest BCUT2D eigenvalue weighted by Crippen LogP contribution is 2.23. The van der Waals surface area contributed by atoms with Crippen LogP contribution in [0.25, 0.3) is 0 Å². The topological polar surface area (TPSA) is 98.8 Å². The average Bonchev–Trinajstić information content (AvgIpc) is 2.68. The fourth-order valence-electron chi connectivity index (χ4n) is 3.57. The van der Waals surface area contributed by atoms with Crippen molar-refractivity contribution in [3.8, 4) is 0 Å². The minimum Gasteiger partial charge on any atom is -0.337 e. The zero-order valence-electron chi connectivity index (χ0n) is 15.9. The van der Waals surface area contributed by atoms with E-state index >= 15 is 0 Å². The summed E-state index contributed by atoms with van der Waals surface area (Å²) in [4.78, 5) is 28.8. The van der Waals surface area contributed by atoms with E-state index in [2.05, 4.69) is 10.0 Å². The smallest absolute Gasteiger partial charge is 0.256 e. The van der Waals surface area contributed by atoms with Gasteiger partial charge < -0.3 is 15.1 Å². The second-order valence-electron chi connectivity index (χ2n) is 6.86. The van der Waals surface area contributed by atoms with Gasteiger partial charge in [0.25, 0.3) is 5.91 Å². The Balaban J connectivity index is 0.00000280. The van der Waals surface area contributed by atoms with E-state index in [4.69, 9.17) is 0 Å². The molecule has 28 heavy (non-hydrogen) atoms. The minimum absolute atomic E-state index is 0. The third kappa shape index (κ3) is 5.15. The summed E-state index contributed by atoms with van der Waals surface area (Å²) in [6.07, 6.45) is 1.69. The lowest BCUT2D eigenvalue weighted by Gasteiger charge is -2.41. The number of carbonyl (C=O) groups is 2. The molecule has 2 fully saturated rings. The van der Waals surface area contributed by atoms with E-state index in [0.29, 0.717) is 37.4 Å². The van der Waals surface area contributed by atoms with Crippen LogP contribution in [-0.4, -0.2) is 74.6 Å². The van der Waals surface area contributed by atoms with Crippen molar-refractivity contribution in [1.82, 2.24) is 15.1 Å². The van der Waals surface area contributed by atoms with E-state index in [1.54, 1.807) is 36.1 Å². The number of nitrogens with one attached hydrogen (secondary N) is 2. The fraction of sp³-hybridized carbons (Fsp3) is 0.556. The number of benzene rings is 1. The molecule has 2 aliphatic heterocycles. The van der Waals surface area contributed by atoms with Crippen LogP contribution in [0.5, 0.6) is 0 Å². The van der Waals surface area contributed by atoms with Gasteiger partial charge in [0.15, 0.2) is 0 Å². The van der Waals surface area contributed by atoms with Crippen LogP contribution in [0.4, 0.5) is 5.69 Å². The van der Waals surface area contributed by atoms with Crippen molar-refractivity contribution in [2.45, 2.75) is 25.8 Å². The van der Waals surface area contributed by atoms with E-state index in [-0.39, 0.29) is 36.0 Å². The number of sulfonamides is 1. The quantitative estimate of drug-likeness (QED) is 0.723. The molecule has 2 amide bonds. The third-order valence-corrected chi connectivity index (χ3v) is 6.34. The summed E-state index contributed by atoms with van der Waals surface area (Å²) in [6, 6.07) is 6.66. The summed E-state index contributed by atoms with van der Waals surface area (Å²) < 4.78 is 26.3. The molecule has 0 spiro atoms. The molecule has 8 nitrogen and oxygen atoms in total. The summed E-state index contributed by atoms with van der Waals surface area (Å²) in [5.74, 6) is -0.208. The van der Waals surface area contributed by atoms with Crippen molar-refractivity contribution in [2.75, 3.05) is 43.2 Å². The van der Waals surface area contributed by atoms with Crippen molar-refractivity contribution in [2.24, 2.45) is 0 Å².